The van der Waals surface area contributed by atoms with Gasteiger partial charge in [-0.3, -0.25) is 4.79 Å². The molecule has 1 aliphatic rings. The van der Waals surface area contributed by atoms with Gasteiger partial charge < -0.3 is 9.42 Å². The number of hydrogen-bond acceptors (Lipinski definition) is 8. The average Bonchev–Trinajstić information content (AvgIpc) is 3.46. The number of aromatic nitrogens is 6. The molecule has 0 N–H and O–H groups in total. The second kappa shape index (κ2) is 7.28. The largest absolute Gasteiger partial charge is 0.355 e. The first kappa shape index (κ1) is 18.9. The van der Waals surface area contributed by atoms with E-state index in [1.807, 2.05) is 37.8 Å². The highest BCUT2D eigenvalue weighted by Gasteiger charge is 2.31. The van der Waals surface area contributed by atoms with Crippen LogP contribution in [0.25, 0.3) is 16.3 Å². The van der Waals surface area contributed by atoms with E-state index in [1.54, 1.807) is 10.7 Å². The Bertz CT molecular complexity index is 1240. The van der Waals surface area contributed by atoms with E-state index < -0.39 is 0 Å². The third-order valence-electron chi connectivity index (χ3n) is 5.47. The molecule has 4 aromatic rings. The molecule has 0 aliphatic carbocycles. The molecule has 0 aromatic carbocycles. The van der Waals surface area contributed by atoms with Crippen LogP contribution in [0.4, 0.5) is 0 Å². The van der Waals surface area contributed by atoms with Crippen molar-refractivity contribution in [2.75, 3.05) is 13.1 Å². The van der Waals surface area contributed by atoms with E-state index in [1.165, 1.54) is 11.5 Å². The second-order valence-electron chi connectivity index (χ2n) is 7.74. The lowest BCUT2D eigenvalue weighted by atomic mass is 9.93. The Morgan fingerprint density at radius 2 is 2.10 bits per heavy atom. The van der Waals surface area contributed by atoms with E-state index in [-0.39, 0.29) is 11.8 Å². The zero-order valence-electron chi connectivity index (χ0n) is 17.0. The molecule has 1 atom stereocenters. The van der Waals surface area contributed by atoms with Crippen LogP contribution in [0, 0.1) is 20.8 Å². The van der Waals surface area contributed by atoms with Gasteiger partial charge in [0.05, 0.1) is 17.6 Å². The molecule has 5 heterocycles. The van der Waals surface area contributed by atoms with Gasteiger partial charge in [0, 0.05) is 36.5 Å². The van der Waals surface area contributed by atoms with Crippen LogP contribution >= 0.6 is 11.5 Å². The molecule has 1 saturated heterocycles. The molecule has 154 valence electrons. The van der Waals surface area contributed by atoms with Gasteiger partial charge in [0.2, 0.25) is 0 Å². The number of nitrogens with zero attached hydrogens (tertiary/aromatic N) is 7. The number of rotatable bonds is 3. The number of hydrogen-bond donors (Lipinski definition) is 0. The Balaban J connectivity index is 1.43. The summed E-state index contributed by atoms with van der Waals surface area (Å²) in [6.45, 7) is 7.04. The standard InChI is InChI=1S/C20H21N7O2S/c1-11-7-13(3)27-19(22-11)15(9-21-27)20(28)26-6-4-5-14(10-26)17-18(30-25-23-17)16-8-12(2)24-29-16/h7-9,14H,4-6,10H2,1-3H3/t14-/m1/s1. The van der Waals surface area contributed by atoms with Crippen LogP contribution in [0.2, 0.25) is 0 Å². The molecule has 0 bridgehead atoms. The fourth-order valence-corrected chi connectivity index (χ4v) is 4.78. The van der Waals surface area contributed by atoms with Gasteiger partial charge in [0.15, 0.2) is 11.4 Å². The molecular weight excluding hydrogens is 402 g/mol. The first-order valence-electron chi connectivity index (χ1n) is 9.88. The summed E-state index contributed by atoms with van der Waals surface area (Å²) >= 11 is 1.30. The number of carbonyl (C=O) groups excluding carboxylic acids is 1. The van der Waals surface area contributed by atoms with E-state index in [2.05, 4.69) is 24.8 Å². The Morgan fingerprint density at radius 1 is 1.23 bits per heavy atom. The molecule has 0 spiro atoms. The predicted molar refractivity (Wildman–Crippen MR) is 110 cm³/mol. The molecule has 9 nitrogen and oxygen atoms in total. The number of carbonyl (C=O) groups is 1. The first-order valence-corrected chi connectivity index (χ1v) is 10.7. The molecule has 1 fully saturated rings. The van der Waals surface area contributed by atoms with Crippen LogP contribution < -0.4 is 0 Å². The summed E-state index contributed by atoms with van der Waals surface area (Å²) in [7, 11) is 0. The van der Waals surface area contributed by atoms with Crippen molar-refractivity contribution in [3.8, 4) is 10.6 Å². The Hall–Kier alpha value is -3.14. The molecule has 0 radical (unpaired) electrons. The maximum atomic E-state index is 13.3. The van der Waals surface area contributed by atoms with Crippen LogP contribution in [0.1, 0.15) is 51.9 Å². The summed E-state index contributed by atoms with van der Waals surface area (Å²) in [5.41, 5.74) is 4.65. The lowest BCUT2D eigenvalue weighted by Crippen LogP contribution is -2.39. The number of piperidine rings is 1. The Morgan fingerprint density at radius 3 is 2.90 bits per heavy atom. The first-order chi connectivity index (χ1) is 14.5. The van der Waals surface area contributed by atoms with Crippen molar-refractivity contribution in [1.82, 2.24) is 34.2 Å². The maximum absolute atomic E-state index is 13.3. The molecule has 1 amide bonds. The summed E-state index contributed by atoms with van der Waals surface area (Å²) < 4.78 is 11.3. The van der Waals surface area contributed by atoms with E-state index in [9.17, 15) is 4.79 Å². The normalized spacial score (nSPS) is 17.0. The Kier molecular flexibility index (Phi) is 4.58. The minimum absolute atomic E-state index is 0.0487. The minimum atomic E-state index is -0.0487. The fraction of sp³-hybridized carbons (Fsp3) is 0.400. The van der Waals surface area contributed by atoms with Crippen molar-refractivity contribution in [1.29, 1.82) is 0 Å². The van der Waals surface area contributed by atoms with E-state index in [4.69, 9.17) is 4.52 Å². The lowest BCUT2D eigenvalue weighted by molar-refractivity contribution is 0.0707. The smallest absolute Gasteiger partial charge is 0.259 e. The highest BCUT2D eigenvalue weighted by Crippen LogP contribution is 2.36. The van der Waals surface area contributed by atoms with Gasteiger partial charge in [-0.05, 0) is 51.2 Å². The molecule has 0 unspecified atom stereocenters. The summed E-state index contributed by atoms with van der Waals surface area (Å²) in [5, 5.41) is 12.7. The van der Waals surface area contributed by atoms with Crippen LogP contribution in [-0.2, 0) is 0 Å². The second-order valence-corrected chi connectivity index (χ2v) is 8.50. The van der Waals surface area contributed by atoms with Gasteiger partial charge in [0.1, 0.15) is 10.4 Å². The number of amides is 1. The van der Waals surface area contributed by atoms with Gasteiger partial charge in [-0.2, -0.15) is 5.10 Å². The van der Waals surface area contributed by atoms with E-state index in [0.717, 1.165) is 40.5 Å². The lowest BCUT2D eigenvalue weighted by Gasteiger charge is -2.32. The molecule has 0 saturated carbocycles. The summed E-state index contributed by atoms with van der Waals surface area (Å²) in [4.78, 5) is 20.7. The predicted octanol–water partition coefficient (Wildman–Crippen LogP) is 3.18. The molecule has 1 aliphatic heterocycles. The molecule has 30 heavy (non-hydrogen) atoms. The summed E-state index contributed by atoms with van der Waals surface area (Å²) in [6, 6.07) is 3.84. The maximum Gasteiger partial charge on any atom is 0.259 e. The van der Waals surface area contributed by atoms with Crippen LogP contribution in [0.5, 0.6) is 0 Å². The number of aryl methyl sites for hydroxylation is 3. The van der Waals surface area contributed by atoms with Crippen molar-refractivity contribution in [3.05, 3.63) is 46.7 Å². The molecule has 4 aromatic heterocycles. The fourth-order valence-electron chi connectivity index (χ4n) is 4.08. The average molecular weight is 424 g/mol. The topological polar surface area (TPSA) is 102 Å². The van der Waals surface area contributed by atoms with Crippen LogP contribution in [0.15, 0.2) is 22.9 Å². The molecule has 10 heteroatoms. The van der Waals surface area contributed by atoms with Crippen LogP contribution in [-0.4, -0.2) is 53.2 Å². The summed E-state index contributed by atoms with van der Waals surface area (Å²) in [5.74, 6) is 0.728. The summed E-state index contributed by atoms with van der Waals surface area (Å²) in [6.07, 6.45) is 3.46. The zero-order chi connectivity index (χ0) is 20.8. The van der Waals surface area contributed by atoms with Gasteiger partial charge in [-0.15, -0.1) is 5.10 Å². The third kappa shape index (κ3) is 3.17. The number of fused-ring (bicyclic) bond motifs is 1. The van der Waals surface area contributed by atoms with Gasteiger partial charge >= 0.3 is 0 Å². The number of likely N-dealkylation sites (tertiary alicyclic amines) is 1. The quantitative estimate of drug-likeness (QED) is 0.499. The molecule has 5 rings (SSSR count). The van der Waals surface area contributed by atoms with Gasteiger partial charge in [0.25, 0.3) is 5.91 Å². The van der Waals surface area contributed by atoms with Crippen molar-refractivity contribution >= 4 is 23.1 Å². The van der Waals surface area contributed by atoms with Crippen molar-refractivity contribution in [3.63, 3.8) is 0 Å². The monoisotopic (exact) mass is 423 g/mol. The van der Waals surface area contributed by atoms with Crippen molar-refractivity contribution in [2.24, 2.45) is 0 Å². The van der Waals surface area contributed by atoms with Gasteiger partial charge in [-0.25, -0.2) is 9.50 Å². The van der Waals surface area contributed by atoms with E-state index >= 15 is 0 Å². The van der Waals surface area contributed by atoms with Gasteiger partial charge in [-0.1, -0.05) is 9.64 Å². The molecular formula is C20H21N7O2S. The third-order valence-corrected chi connectivity index (χ3v) is 6.22. The van der Waals surface area contributed by atoms with Crippen LogP contribution in [0.3, 0.4) is 0 Å². The minimum Gasteiger partial charge on any atom is -0.355 e. The van der Waals surface area contributed by atoms with E-state index in [0.29, 0.717) is 30.1 Å². The highest BCUT2D eigenvalue weighted by atomic mass is 32.1. The zero-order valence-corrected chi connectivity index (χ0v) is 17.8. The highest BCUT2D eigenvalue weighted by molar-refractivity contribution is 7.09. The Labute approximate surface area is 176 Å². The SMILES string of the molecule is Cc1cc(-c2snnc2[C@@H]2CCCN(C(=O)c3cnn4c(C)cc(C)nc34)C2)on1. The van der Waals surface area contributed by atoms with Crippen molar-refractivity contribution < 1.29 is 9.32 Å². The van der Waals surface area contributed by atoms with Crippen molar-refractivity contribution in [2.45, 2.75) is 39.5 Å².